The van der Waals surface area contributed by atoms with Crippen molar-refractivity contribution in [2.24, 2.45) is 0 Å². The lowest BCUT2D eigenvalue weighted by molar-refractivity contribution is 0.332. The summed E-state index contributed by atoms with van der Waals surface area (Å²) >= 11 is 0. The van der Waals surface area contributed by atoms with Gasteiger partial charge in [-0.05, 0) is 70.2 Å². The largest absolute Gasteiger partial charge is 0.307 e. The van der Waals surface area contributed by atoms with Crippen molar-refractivity contribution in [1.29, 1.82) is 0 Å². The first-order valence-electron chi connectivity index (χ1n) is 20.3. The van der Waals surface area contributed by atoms with Gasteiger partial charge in [-0.25, -0.2) is 4.98 Å². The maximum absolute atomic E-state index is 5.36. The summed E-state index contributed by atoms with van der Waals surface area (Å²) in [6.45, 7) is 9.61. The quantitative estimate of drug-likeness (QED) is 0.176. The Labute approximate surface area is 338 Å². The Balaban J connectivity index is 1.23. The van der Waals surface area contributed by atoms with Crippen molar-refractivity contribution < 1.29 is 0 Å². The lowest BCUT2D eigenvalue weighted by Gasteiger charge is -2.42. The zero-order chi connectivity index (χ0) is 39.2. The molecule has 0 radical (unpaired) electrons. The van der Waals surface area contributed by atoms with E-state index in [-0.39, 0.29) is 10.8 Å². The van der Waals surface area contributed by atoms with Gasteiger partial charge in [0, 0.05) is 38.4 Å². The summed E-state index contributed by atoms with van der Waals surface area (Å²) in [5.41, 5.74) is 12.9. The van der Waals surface area contributed by atoms with E-state index in [4.69, 9.17) is 15.0 Å². The molecule has 3 aromatic heterocycles. The van der Waals surface area contributed by atoms with Crippen LogP contribution in [0.1, 0.15) is 51.7 Å². The molecule has 0 N–H and O–H groups in total. The van der Waals surface area contributed by atoms with Crippen LogP contribution in [-0.2, 0) is 10.8 Å². The Bertz CT molecular complexity index is 3210. The van der Waals surface area contributed by atoms with E-state index >= 15 is 0 Å². The molecule has 0 saturated carbocycles. The predicted octanol–water partition coefficient (Wildman–Crippen LogP) is 13.4. The molecular formula is C53H43N5. The Kier molecular flexibility index (Phi) is 7.61. The van der Waals surface area contributed by atoms with Crippen LogP contribution in [0.15, 0.2) is 164 Å². The van der Waals surface area contributed by atoms with Crippen LogP contribution >= 0.6 is 0 Å². The first-order valence-corrected chi connectivity index (χ1v) is 20.3. The molecule has 1 aliphatic rings. The third kappa shape index (κ3) is 5.33. The summed E-state index contributed by atoms with van der Waals surface area (Å²) in [4.78, 5) is 15.8. The monoisotopic (exact) mass is 749 g/mol. The van der Waals surface area contributed by atoms with Gasteiger partial charge in [-0.2, -0.15) is 9.97 Å². The Morgan fingerprint density at radius 2 is 0.862 bits per heavy atom. The van der Waals surface area contributed by atoms with Crippen molar-refractivity contribution in [1.82, 2.24) is 24.1 Å². The molecule has 1 aliphatic carbocycles. The Morgan fingerprint density at radius 3 is 1.48 bits per heavy atom. The second-order valence-electron chi connectivity index (χ2n) is 17.2. The lowest BCUT2D eigenvalue weighted by Crippen LogP contribution is -2.33. The summed E-state index contributed by atoms with van der Waals surface area (Å²) in [7, 11) is 0. The van der Waals surface area contributed by atoms with Crippen molar-refractivity contribution >= 4 is 43.6 Å². The van der Waals surface area contributed by atoms with E-state index in [1.54, 1.807) is 0 Å². The van der Waals surface area contributed by atoms with Crippen LogP contribution in [0, 0.1) is 0 Å². The molecular weight excluding hydrogens is 707 g/mol. The predicted molar refractivity (Wildman–Crippen MR) is 240 cm³/mol. The number of hydrogen-bond acceptors (Lipinski definition) is 3. The average molecular weight is 750 g/mol. The van der Waals surface area contributed by atoms with Crippen LogP contribution in [-0.4, -0.2) is 24.1 Å². The fourth-order valence-corrected chi connectivity index (χ4v) is 9.44. The Hall–Kier alpha value is -6.85. The van der Waals surface area contributed by atoms with Gasteiger partial charge in [0.05, 0.1) is 22.1 Å². The Morgan fingerprint density at radius 1 is 0.397 bits per heavy atom. The second kappa shape index (κ2) is 12.8. The van der Waals surface area contributed by atoms with Crippen LogP contribution in [0.4, 0.5) is 0 Å². The minimum atomic E-state index is 0.0677. The van der Waals surface area contributed by atoms with E-state index in [2.05, 4.69) is 176 Å². The van der Waals surface area contributed by atoms with Gasteiger partial charge in [0.2, 0.25) is 5.95 Å². The van der Waals surface area contributed by atoms with Gasteiger partial charge in [-0.15, -0.1) is 0 Å². The maximum Gasteiger partial charge on any atom is 0.238 e. The van der Waals surface area contributed by atoms with E-state index in [1.807, 2.05) is 24.3 Å². The van der Waals surface area contributed by atoms with Crippen molar-refractivity contribution in [3.8, 4) is 45.5 Å². The van der Waals surface area contributed by atoms with E-state index in [0.29, 0.717) is 17.6 Å². The van der Waals surface area contributed by atoms with Gasteiger partial charge in [0.15, 0.2) is 11.6 Å². The molecule has 0 saturated heterocycles. The fourth-order valence-electron chi connectivity index (χ4n) is 9.44. The van der Waals surface area contributed by atoms with Crippen molar-refractivity contribution in [2.75, 3.05) is 0 Å². The fraction of sp³-hybridized carbons (Fsp3) is 0.151. The van der Waals surface area contributed by atoms with Crippen LogP contribution in [0.5, 0.6) is 0 Å². The molecule has 0 amide bonds. The number of hydrogen-bond donors (Lipinski definition) is 0. The summed E-state index contributed by atoms with van der Waals surface area (Å²) in [6.07, 6.45) is 2.33. The molecule has 11 rings (SSSR count). The van der Waals surface area contributed by atoms with E-state index in [1.165, 1.54) is 45.1 Å². The topological polar surface area (TPSA) is 48.5 Å². The molecule has 3 heterocycles. The summed E-state index contributed by atoms with van der Waals surface area (Å²) in [6, 6.07) is 58.5. The number of aromatic nitrogens is 5. The number of rotatable bonds is 5. The molecule has 7 aromatic carbocycles. The molecule has 5 nitrogen and oxygen atoms in total. The van der Waals surface area contributed by atoms with E-state index < -0.39 is 0 Å². The highest BCUT2D eigenvalue weighted by atomic mass is 15.2. The standard InChI is InChI=1S/C53H43N5/c1-52(2)31-32-53(3,4)44-33-38(27-30-43(44)52)57-45-21-13-11-19-39(45)41-28-29-42-40-20-12-14-22-46(40)58(48(42)47(41)57)51-55-49(36-17-9-6-10-18-36)54-50(56-51)37-25-23-35(24-26-37)34-15-7-5-8-16-34/h5-30,33H,31-32H2,1-4H3. The van der Waals surface area contributed by atoms with E-state index in [9.17, 15) is 0 Å². The SMILES string of the molecule is CC1(C)CCC(C)(C)c2cc(-n3c4ccccc4c4ccc5c6ccccc6n(-c6nc(-c7ccccc7)nc(-c7ccc(-c8ccccc8)cc7)n6)c5c43)ccc21. The van der Waals surface area contributed by atoms with Crippen molar-refractivity contribution in [3.05, 3.63) is 175 Å². The molecule has 58 heavy (non-hydrogen) atoms. The molecule has 0 atom stereocenters. The normalized spacial score (nSPS) is 14.7. The van der Waals surface area contributed by atoms with E-state index in [0.717, 1.165) is 50.4 Å². The van der Waals surface area contributed by atoms with Crippen LogP contribution < -0.4 is 0 Å². The minimum Gasteiger partial charge on any atom is -0.307 e. The van der Waals surface area contributed by atoms with Gasteiger partial charge in [-0.1, -0.05) is 167 Å². The highest BCUT2D eigenvalue weighted by Crippen LogP contribution is 2.48. The van der Waals surface area contributed by atoms with Crippen LogP contribution in [0.25, 0.3) is 89.2 Å². The van der Waals surface area contributed by atoms with Gasteiger partial charge in [-0.3, -0.25) is 4.57 Å². The average Bonchev–Trinajstić information content (AvgIpc) is 3.79. The zero-order valence-electron chi connectivity index (χ0n) is 33.2. The molecule has 10 aromatic rings. The molecule has 0 bridgehead atoms. The number of para-hydroxylation sites is 2. The first-order chi connectivity index (χ1) is 28.2. The van der Waals surface area contributed by atoms with Gasteiger partial charge < -0.3 is 4.57 Å². The smallest absolute Gasteiger partial charge is 0.238 e. The lowest BCUT2D eigenvalue weighted by atomic mass is 9.63. The molecule has 5 heteroatoms. The van der Waals surface area contributed by atoms with Crippen molar-refractivity contribution in [3.63, 3.8) is 0 Å². The second-order valence-corrected chi connectivity index (χ2v) is 17.2. The van der Waals surface area contributed by atoms with Gasteiger partial charge in [0.1, 0.15) is 0 Å². The zero-order valence-corrected chi connectivity index (χ0v) is 33.2. The first kappa shape index (κ1) is 34.4. The summed E-state index contributed by atoms with van der Waals surface area (Å²) in [5, 5.41) is 4.72. The maximum atomic E-state index is 5.36. The summed E-state index contributed by atoms with van der Waals surface area (Å²) in [5.74, 6) is 1.84. The number of benzene rings is 7. The highest BCUT2D eigenvalue weighted by Gasteiger charge is 2.37. The highest BCUT2D eigenvalue weighted by molar-refractivity contribution is 6.23. The molecule has 0 aliphatic heterocycles. The van der Waals surface area contributed by atoms with Gasteiger partial charge >= 0.3 is 0 Å². The number of fused-ring (bicyclic) bond motifs is 8. The molecule has 0 unspecified atom stereocenters. The van der Waals surface area contributed by atoms with Crippen molar-refractivity contribution in [2.45, 2.75) is 51.4 Å². The summed E-state index contributed by atoms with van der Waals surface area (Å²) < 4.78 is 4.77. The third-order valence-electron chi connectivity index (χ3n) is 12.7. The molecule has 0 spiro atoms. The van der Waals surface area contributed by atoms with Crippen LogP contribution in [0.2, 0.25) is 0 Å². The number of nitrogens with zero attached hydrogens (tertiary/aromatic N) is 5. The molecule has 280 valence electrons. The van der Waals surface area contributed by atoms with Crippen LogP contribution in [0.3, 0.4) is 0 Å². The van der Waals surface area contributed by atoms with Gasteiger partial charge in [0.25, 0.3) is 0 Å². The third-order valence-corrected chi connectivity index (χ3v) is 12.7. The molecule has 0 fully saturated rings. The minimum absolute atomic E-state index is 0.0677.